The summed E-state index contributed by atoms with van der Waals surface area (Å²) in [4.78, 5) is 22.6. The van der Waals surface area contributed by atoms with Crippen LogP contribution in [-0.2, 0) is 14.3 Å². The summed E-state index contributed by atoms with van der Waals surface area (Å²) >= 11 is 3.30. The molecule has 0 spiro atoms. The predicted molar refractivity (Wildman–Crippen MR) is 70.1 cm³/mol. The summed E-state index contributed by atoms with van der Waals surface area (Å²) in [7, 11) is 1.58. The molecule has 0 rings (SSSR count). The van der Waals surface area contributed by atoms with Crippen LogP contribution in [0.15, 0.2) is 0 Å². The Morgan fingerprint density at radius 3 is 2.41 bits per heavy atom. The summed E-state index contributed by atoms with van der Waals surface area (Å²) < 4.78 is 4.80. The zero-order valence-electron chi connectivity index (χ0n) is 10.6. The second-order valence-electron chi connectivity index (χ2n) is 4.03. The lowest BCUT2D eigenvalue weighted by molar-refractivity contribution is -0.122. The molecule has 17 heavy (non-hydrogen) atoms. The van der Waals surface area contributed by atoms with Gasteiger partial charge in [0.15, 0.2) is 0 Å². The molecule has 0 aliphatic rings. The molecule has 2 amide bonds. The highest BCUT2D eigenvalue weighted by atomic mass is 79.9. The van der Waals surface area contributed by atoms with Crippen LogP contribution in [0.1, 0.15) is 20.3 Å². The van der Waals surface area contributed by atoms with Crippen molar-refractivity contribution in [3.05, 3.63) is 0 Å². The molecule has 1 unspecified atom stereocenters. The molecule has 0 saturated carbocycles. The Balaban J connectivity index is 3.62. The van der Waals surface area contributed by atoms with Crippen molar-refractivity contribution in [1.82, 2.24) is 10.6 Å². The van der Waals surface area contributed by atoms with E-state index >= 15 is 0 Å². The van der Waals surface area contributed by atoms with Gasteiger partial charge in [-0.25, -0.2) is 0 Å². The van der Waals surface area contributed by atoms with E-state index < -0.39 is 0 Å². The number of hydrogen-bond donors (Lipinski definition) is 2. The predicted octanol–water partition coefficient (Wildman–Crippen LogP) is 0.675. The van der Waals surface area contributed by atoms with Gasteiger partial charge in [0.1, 0.15) is 0 Å². The Bertz CT molecular complexity index is 247. The van der Waals surface area contributed by atoms with Gasteiger partial charge in [-0.3, -0.25) is 9.59 Å². The van der Waals surface area contributed by atoms with Crippen molar-refractivity contribution in [3.8, 4) is 0 Å². The van der Waals surface area contributed by atoms with Crippen LogP contribution in [0.2, 0.25) is 0 Å². The number of alkyl halides is 1. The van der Waals surface area contributed by atoms with Crippen molar-refractivity contribution < 1.29 is 14.3 Å². The molecule has 0 fully saturated rings. The monoisotopic (exact) mass is 308 g/mol. The van der Waals surface area contributed by atoms with Gasteiger partial charge in [0.25, 0.3) is 0 Å². The van der Waals surface area contributed by atoms with Gasteiger partial charge in [0.2, 0.25) is 11.8 Å². The summed E-state index contributed by atoms with van der Waals surface area (Å²) in [5, 5.41) is 5.39. The van der Waals surface area contributed by atoms with E-state index in [1.54, 1.807) is 7.11 Å². The zero-order valence-corrected chi connectivity index (χ0v) is 12.2. The van der Waals surface area contributed by atoms with Gasteiger partial charge < -0.3 is 15.4 Å². The average Bonchev–Trinajstić information content (AvgIpc) is 2.28. The van der Waals surface area contributed by atoms with Crippen LogP contribution in [0.5, 0.6) is 0 Å². The number of hydrogen-bond acceptors (Lipinski definition) is 3. The van der Waals surface area contributed by atoms with Crippen molar-refractivity contribution in [2.45, 2.75) is 25.1 Å². The summed E-state index contributed by atoms with van der Waals surface area (Å²) in [6, 6.07) is 0. The number of rotatable bonds is 8. The fraction of sp³-hybridized carbons (Fsp3) is 0.818. The molecule has 0 aromatic heterocycles. The first-order chi connectivity index (χ1) is 7.99. The molecular formula is C11H21BrN2O3. The smallest absolute Gasteiger partial charge is 0.234 e. The fourth-order valence-electron chi connectivity index (χ4n) is 1.08. The van der Waals surface area contributed by atoms with Crippen molar-refractivity contribution in [2.75, 3.05) is 26.8 Å². The van der Waals surface area contributed by atoms with Crippen molar-refractivity contribution >= 4 is 27.7 Å². The average molecular weight is 309 g/mol. The van der Waals surface area contributed by atoms with Gasteiger partial charge in [-0.15, -0.1) is 0 Å². The molecule has 1 atom stereocenters. The molecular weight excluding hydrogens is 288 g/mol. The Morgan fingerprint density at radius 2 is 1.88 bits per heavy atom. The SMILES string of the molecule is COCCNC(=O)CCNC(=O)C(Br)C(C)C. The van der Waals surface area contributed by atoms with E-state index in [4.69, 9.17) is 4.74 Å². The van der Waals surface area contributed by atoms with E-state index in [0.29, 0.717) is 19.7 Å². The summed E-state index contributed by atoms with van der Waals surface area (Å²) in [5.41, 5.74) is 0. The zero-order chi connectivity index (χ0) is 13.3. The molecule has 0 heterocycles. The van der Waals surface area contributed by atoms with Crippen LogP contribution in [0.25, 0.3) is 0 Å². The minimum absolute atomic E-state index is 0.0790. The number of ether oxygens (including phenoxy) is 1. The van der Waals surface area contributed by atoms with Gasteiger partial charge in [0, 0.05) is 26.6 Å². The molecule has 0 aliphatic carbocycles. The summed E-state index contributed by atoms with van der Waals surface area (Å²) in [5.74, 6) is 0.0632. The molecule has 0 bridgehead atoms. The number of halogens is 1. The van der Waals surface area contributed by atoms with Crippen LogP contribution in [0.3, 0.4) is 0 Å². The maximum Gasteiger partial charge on any atom is 0.234 e. The van der Waals surface area contributed by atoms with E-state index in [1.165, 1.54) is 0 Å². The highest BCUT2D eigenvalue weighted by Crippen LogP contribution is 2.11. The Kier molecular flexibility index (Phi) is 9.07. The first-order valence-electron chi connectivity index (χ1n) is 5.66. The van der Waals surface area contributed by atoms with E-state index in [2.05, 4.69) is 26.6 Å². The second-order valence-corrected chi connectivity index (χ2v) is 5.02. The third kappa shape index (κ3) is 8.15. The van der Waals surface area contributed by atoms with Crippen molar-refractivity contribution in [2.24, 2.45) is 5.92 Å². The third-order valence-corrected chi connectivity index (χ3v) is 3.59. The lowest BCUT2D eigenvalue weighted by Gasteiger charge is -2.13. The molecule has 100 valence electrons. The molecule has 0 aromatic carbocycles. The molecule has 5 nitrogen and oxygen atoms in total. The van der Waals surface area contributed by atoms with Gasteiger partial charge in [-0.05, 0) is 5.92 Å². The molecule has 6 heteroatoms. The van der Waals surface area contributed by atoms with Crippen molar-refractivity contribution in [3.63, 3.8) is 0 Å². The van der Waals surface area contributed by atoms with E-state index in [0.717, 1.165) is 0 Å². The number of carbonyl (C=O) groups excluding carboxylic acids is 2. The normalized spacial score (nSPS) is 12.3. The first kappa shape index (κ1) is 16.4. The van der Waals surface area contributed by atoms with E-state index in [1.807, 2.05) is 13.8 Å². The standard InChI is InChI=1S/C11H21BrN2O3/c1-8(2)10(12)11(16)14-5-4-9(15)13-6-7-17-3/h8,10H,4-7H2,1-3H3,(H,13,15)(H,14,16). The van der Waals surface area contributed by atoms with Gasteiger partial charge in [-0.1, -0.05) is 29.8 Å². The van der Waals surface area contributed by atoms with Crippen LogP contribution in [0.4, 0.5) is 0 Å². The molecule has 0 saturated heterocycles. The van der Waals surface area contributed by atoms with E-state index in [9.17, 15) is 9.59 Å². The lowest BCUT2D eigenvalue weighted by atomic mass is 10.1. The molecule has 0 aromatic rings. The van der Waals surface area contributed by atoms with Crippen LogP contribution < -0.4 is 10.6 Å². The molecule has 0 aliphatic heterocycles. The maximum atomic E-state index is 11.5. The van der Waals surface area contributed by atoms with Gasteiger partial charge in [0.05, 0.1) is 11.4 Å². The number of amides is 2. The van der Waals surface area contributed by atoms with Gasteiger partial charge >= 0.3 is 0 Å². The number of carbonyl (C=O) groups is 2. The third-order valence-electron chi connectivity index (χ3n) is 2.12. The quantitative estimate of drug-likeness (QED) is 0.512. The number of nitrogens with one attached hydrogen (secondary N) is 2. The molecule has 2 N–H and O–H groups in total. The molecule has 0 radical (unpaired) electrons. The highest BCUT2D eigenvalue weighted by Gasteiger charge is 2.17. The highest BCUT2D eigenvalue weighted by molar-refractivity contribution is 9.10. The summed E-state index contributed by atoms with van der Waals surface area (Å²) in [6.45, 7) is 5.25. The minimum Gasteiger partial charge on any atom is -0.383 e. The largest absolute Gasteiger partial charge is 0.383 e. The van der Waals surface area contributed by atoms with E-state index in [-0.39, 0.29) is 29.0 Å². The Hall–Kier alpha value is -0.620. The lowest BCUT2D eigenvalue weighted by Crippen LogP contribution is -2.37. The van der Waals surface area contributed by atoms with Crippen LogP contribution in [0, 0.1) is 5.92 Å². The van der Waals surface area contributed by atoms with Crippen LogP contribution in [-0.4, -0.2) is 43.4 Å². The fourth-order valence-corrected chi connectivity index (χ4v) is 1.24. The Labute approximate surface area is 111 Å². The first-order valence-corrected chi connectivity index (χ1v) is 6.58. The summed E-state index contributed by atoms with van der Waals surface area (Å²) in [6.07, 6.45) is 0.285. The maximum absolute atomic E-state index is 11.5. The minimum atomic E-state index is -0.209. The Morgan fingerprint density at radius 1 is 1.24 bits per heavy atom. The van der Waals surface area contributed by atoms with Crippen LogP contribution >= 0.6 is 15.9 Å². The number of methoxy groups -OCH3 is 1. The van der Waals surface area contributed by atoms with Gasteiger partial charge in [-0.2, -0.15) is 0 Å². The topological polar surface area (TPSA) is 67.4 Å². The second kappa shape index (κ2) is 9.41. The van der Waals surface area contributed by atoms with Crippen molar-refractivity contribution in [1.29, 1.82) is 0 Å².